The van der Waals surface area contributed by atoms with Gasteiger partial charge in [-0.1, -0.05) is 11.8 Å². The van der Waals surface area contributed by atoms with Crippen LogP contribution in [-0.4, -0.2) is 53.1 Å². The lowest BCUT2D eigenvalue weighted by Crippen LogP contribution is -2.17. The molecule has 0 atom stereocenters. The standard InChI is InChI=1S/C24H29N5O3S2/c1-5-29-21(15-10-12-16(13-11-15)28(3)4)26-27-24(29)33-14-19(30)25-22-20(23(31)32-6-2)17-8-7-9-18(17)34-22/h10-13H,5-9,14H2,1-4H3,(H,25,30). The van der Waals surface area contributed by atoms with E-state index in [0.29, 0.717) is 28.9 Å². The monoisotopic (exact) mass is 499 g/mol. The molecule has 0 aliphatic heterocycles. The number of rotatable bonds is 9. The summed E-state index contributed by atoms with van der Waals surface area (Å²) < 4.78 is 7.25. The fourth-order valence-corrected chi connectivity index (χ4v) is 6.10. The van der Waals surface area contributed by atoms with Crippen LogP contribution in [0.4, 0.5) is 10.7 Å². The molecule has 4 rings (SSSR count). The molecule has 1 aromatic carbocycles. The SMILES string of the molecule is CCOC(=O)c1c(NC(=O)CSc2nnc(-c3ccc(N(C)C)cc3)n2CC)sc2c1CCC2. The molecule has 1 amide bonds. The number of amides is 1. The summed E-state index contributed by atoms with van der Waals surface area (Å²) >= 11 is 2.82. The molecule has 8 nitrogen and oxygen atoms in total. The van der Waals surface area contributed by atoms with Crippen molar-refractivity contribution in [2.24, 2.45) is 0 Å². The minimum Gasteiger partial charge on any atom is -0.462 e. The normalized spacial score (nSPS) is 12.5. The van der Waals surface area contributed by atoms with E-state index in [2.05, 4.69) is 15.5 Å². The van der Waals surface area contributed by atoms with Crippen molar-refractivity contribution < 1.29 is 14.3 Å². The summed E-state index contributed by atoms with van der Waals surface area (Å²) in [5.74, 6) is 0.399. The Labute approximate surface area is 207 Å². The van der Waals surface area contributed by atoms with Crippen LogP contribution < -0.4 is 10.2 Å². The van der Waals surface area contributed by atoms with E-state index in [1.165, 1.54) is 28.0 Å². The first-order valence-corrected chi connectivity index (χ1v) is 13.2. The van der Waals surface area contributed by atoms with Crippen molar-refractivity contribution in [3.8, 4) is 11.4 Å². The number of aryl methyl sites for hydroxylation is 1. The number of nitrogens with zero attached hydrogens (tertiary/aromatic N) is 4. The van der Waals surface area contributed by atoms with Gasteiger partial charge in [-0.2, -0.15) is 0 Å². The number of esters is 1. The van der Waals surface area contributed by atoms with E-state index in [9.17, 15) is 9.59 Å². The molecule has 0 spiro atoms. The van der Waals surface area contributed by atoms with Gasteiger partial charge in [0.2, 0.25) is 5.91 Å². The van der Waals surface area contributed by atoms with Crippen molar-refractivity contribution >= 4 is 45.7 Å². The zero-order valence-corrected chi connectivity index (χ0v) is 21.5. The zero-order chi connectivity index (χ0) is 24.2. The molecule has 0 radical (unpaired) electrons. The van der Waals surface area contributed by atoms with Gasteiger partial charge in [-0.05, 0) is 62.9 Å². The van der Waals surface area contributed by atoms with Gasteiger partial charge >= 0.3 is 5.97 Å². The number of benzene rings is 1. The van der Waals surface area contributed by atoms with Crippen LogP contribution in [0.1, 0.15) is 41.1 Å². The molecular formula is C24H29N5O3S2. The third-order valence-corrected chi connectivity index (χ3v) is 7.84. The number of carbonyl (C=O) groups is 2. The Morgan fingerprint density at radius 2 is 1.94 bits per heavy atom. The average Bonchev–Trinajstić information content (AvgIpc) is 3.52. The molecule has 180 valence electrons. The highest BCUT2D eigenvalue weighted by molar-refractivity contribution is 7.99. The molecule has 1 N–H and O–H groups in total. The van der Waals surface area contributed by atoms with Gasteiger partial charge in [0.1, 0.15) is 5.00 Å². The molecule has 0 fully saturated rings. The van der Waals surface area contributed by atoms with Crippen molar-refractivity contribution in [2.45, 2.75) is 44.8 Å². The Hall–Kier alpha value is -2.85. The van der Waals surface area contributed by atoms with Gasteiger partial charge in [0.15, 0.2) is 11.0 Å². The Morgan fingerprint density at radius 1 is 1.18 bits per heavy atom. The second-order valence-electron chi connectivity index (χ2n) is 8.11. The van der Waals surface area contributed by atoms with Gasteiger partial charge in [0.05, 0.1) is 17.9 Å². The number of anilines is 2. The Kier molecular flexibility index (Phi) is 7.57. The number of carbonyl (C=O) groups excluding carboxylic acids is 2. The largest absolute Gasteiger partial charge is 0.462 e. The smallest absolute Gasteiger partial charge is 0.341 e. The maximum atomic E-state index is 12.8. The van der Waals surface area contributed by atoms with Gasteiger partial charge < -0.3 is 19.5 Å². The number of aromatic nitrogens is 3. The molecule has 1 aliphatic carbocycles. The van der Waals surface area contributed by atoms with Gasteiger partial charge in [0, 0.05) is 36.8 Å². The highest BCUT2D eigenvalue weighted by Gasteiger charge is 2.28. The van der Waals surface area contributed by atoms with E-state index in [0.717, 1.165) is 41.9 Å². The van der Waals surface area contributed by atoms with Crippen LogP contribution in [0.15, 0.2) is 29.4 Å². The highest BCUT2D eigenvalue weighted by Crippen LogP contribution is 2.39. The summed E-state index contributed by atoms with van der Waals surface area (Å²) in [5, 5.41) is 12.9. The fourth-order valence-electron chi connectivity index (χ4n) is 4.01. The molecule has 0 bridgehead atoms. The van der Waals surface area contributed by atoms with E-state index in [1.807, 2.05) is 54.8 Å². The maximum Gasteiger partial charge on any atom is 0.341 e. The molecule has 0 unspecified atom stereocenters. The van der Waals surface area contributed by atoms with E-state index >= 15 is 0 Å². The lowest BCUT2D eigenvalue weighted by molar-refractivity contribution is -0.113. The van der Waals surface area contributed by atoms with E-state index < -0.39 is 0 Å². The van der Waals surface area contributed by atoms with Crippen LogP contribution in [-0.2, 0) is 28.9 Å². The van der Waals surface area contributed by atoms with Crippen LogP contribution in [0, 0.1) is 0 Å². The van der Waals surface area contributed by atoms with Crippen molar-refractivity contribution in [2.75, 3.05) is 36.7 Å². The molecule has 0 saturated carbocycles. The Balaban J connectivity index is 1.46. The minimum atomic E-state index is -0.361. The first-order valence-electron chi connectivity index (χ1n) is 11.4. The van der Waals surface area contributed by atoms with E-state index in [4.69, 9.17) is 4.74 Å². The summed E-state index contributed by atoms with van der Waals surface area (Å²) in [6.07, 6.45) is 2.82. The van der Waals surface area contributed by atoms with E-state index in [-0.39, 0.29) is 17.6 Å². The molecule has 34 heavy (non-hydrogen) atoms. The topological polar surface area (TPSA) is 89.3 Å². The maximum absolute atomic E-state index is 12.8. The van der Waals surface area contributed by atoms with Crippen LogP contribution in [0.5, 0.6) is 0 Å². The summed E-state index contributed by atoms with van der Waals surface area (Å²) in [4.78, 5) is 28.5. The minimum absolute atomic E-state index is 0.169. The molecule has 2 heterocycles. The Bertz CT molecular complexity index is 1180. The van der Waals surface area contributed by atoms with Gasteiger partial charge in [0.25, 0.3) is 0 Å². The predicted molar refractivity (Wildman–Crippen MR) is 137 cm³/mol. The number of nitrogens with one attached hydrogen (secondary N) is 1. The van der Waals surface area contributed by atoms with Crippen LogP contribution in [0.2, 0.25) is 0 Å². The molecule has 10 heteroatoms. The zero-order valence-electron chi connectivity index (χ0n) is 19.9. The third kappa shape index (κ3) is 4.97. The molecule has 2 aromatic heterocycles. The van der Waals surface area contributed by atoms with Crippen LogP contribution >= 0.6 is 23.1 Å². The quantitative estimate of drug-likeness (QED) is 0.343. The van der Waals surface area contributed by atoms with Crippen LogP contribution in [0.25, 0.3) is 11.4 Å². The van der Waals surface area contributed by atoms with Crippen molar-refractivity contribution in [1.29, 1.82) is 0 Å². The number of thiophene rings is 1. The summed E-state index contributed by atoms with van der Waals surface area (Å²) in [6.45, 7) is 4.81. The molecule has 1 aliphatic rings. The van der Waals surface area contributed by atoms with Crippen LogP contribution in [0.3, 0.4) is 0 Å². The van der Waals surface area contributed by atoms with Gasteiger partial charge in [-0.15, -0.1) is 21.5 Å². The first kappa shape index (κ1) is 24.3. The molecular weight excluding hydrogens is 470 g/mol. The fraction of sp³-hybridized carbons (Fsp3) is 0.417. The van der Waals surface area contributed by atoms with E-state index in [1.54, 1.807) is 6.92 Å². The van der Waals surface area contributed by atoms with Gasteiger partial charge in [-0.25, -0.2) is 4.79 Å². The lowest BCUT2D eigenvalue weighted by Gasteiger charge is -2.13. The second-order valence-corrected chi connectivity index (χ2v) is 10.2. The summed E-state index contributed by atoms with van der Waals surface area (Å²) in [5.41, 5.74) is 3.64. The number of hydrogen-bond donors (Lipinski definition) is 1. The Morgan fingerprint density at radius 3 is 2.62 bits per heavy atom. The van der Waals surface area contributed by atoms with Crippen molar-refractivity contribution in [3.63, 3.8) is 0 Å². The van der Waals surface area contributed by atoms with Gasteiger partial charge in [-0.3, -0.25) is 4.79 Å². The average molecular weight is 500 g/mol. The summed E-state index contributed by atoms with van der Waals surface area (Å²) in [6, 6.07) is 8.15. The molecule has 3 aromatic rings. The summed E-state index contributed by atoms with van der Waals surface area (Å²) in [7, 11) is 4.01. The number of thioether (sulfide) groups is 1. The third-order valence-electron chi connectivity index (χ3n) is 5.66. The first-order chi connectivity index (χ1) is 16.4. The predicted octanol–water partition coefficient (Wildman–Crippen LogP) is 4.49. The van der Waals surface area contributed by atoms with Crippen molar-refractivity contribution in [3.05, 3.63) is 40.3 Å². The number of hydrogen-bond acceptors (Lipinski definition) is 8. The highest BCUT2D eigenvalue weighted by atomic mass is 32.2. The number of ether oxygens (including phenoxy) is 1. The van der Waals surface area contributed by atoms with Crippen molar-refractivity contribution in [1.82, 2.24) is 14.8 Å². The lowest BCUT2D eigenvalue weighted by atomic mass is 10.1. The second kappa shape index (κ2) is 10.6. The molecule has 0 saturated heterocycles. The number of fused-ring (bicyclic) bond motifs is 1.